The number of hydrogen-bond acceptors (Lipinski definition) is 3. The van der Waals surface area contributed by atoms with E-state index in [0.29, 0.717) is 19.0 Å². The summed E-state index contributed by atoms with van der Waals surface area (Å²) >= 11 is 0. The summed E-state index contributed by atoms with van der Waals surface area (Å²) in [4.78, 5) is 22.0. The van der Waals surface area contributed by atoms with Crippen LogP contribution >= 0.6 is 0 Å². The Kier molecular flexibility index (Phi) is 4.52. The number of para-hydroxylation sites is 2. The molecule has 0 spiro atoms. The number of carbonyl (C=O) groups excluding carboxylic acids is 1. The van der Waals surface area contributed by atoms with Crippen molar-refractivity contribution < 1.29 is 9.90 Å². The summed E-state index contributed by atoms with van der Waals surface area (Å²) in [6, 6.07) is 7.58. The van der Waals surface area contributed by atoms with Crippen LogP contribution in [0.15, 0.2) is 24.3 Å². The monoisotopic (exact) mass is 316 g/mol. The summed E-state index contributed by atoms with van der Waals surface area (Å²) in [6.07, 6.45) is 1.41. The zero-order valence-electron chi connectivity index (χ0n) is 13.6. The van der Waals surface area contributed by atoms with Gasteiger partial charge in [-0.15, -0.1) is 0 Å². The van der Waals surface area contributed by atoms with Crippen molar-refractivity contribution in [1.29, 1.82) is 0 Å². The molecule has 1 fully saturated rings. The second kappa shape index (κ2) is 6.58. The van der Waals surface area contributed by atoms with Gasteiger partial charge in [-0.25, -0.2) is 9.78 Å². The van der Waals surface area contributed by atoms with Crippen LogP contribution in [0.4, 0.5) is 4.79 Å². The number of imidazole rings is 1. The topological polar surface area (TPSA) is 81.2 Å². The number of H-pyrrole nitrogens is 1. The standard InChI is InChI=1S/C17H24N4O2/c1-11(16-19-14-5-3-4-6-15(14)20-16)18-17(23)21-9-7-13(8-10-21)12(2)22/h3-6,11-13,22H,7-10H2,1-2H3,(H,18,23)(H,19,20). The molecule has 23 heavy (non-hydrogen) atoms. The van der Waals surface area contributed by atoms with E-state index in [4.69, 9.17) is 0 Å². The molecular weight excluding hydrogens is 292 g/mol. The van der Waals surface area contributed by atoms with E-state index in [1.54, 1.807) is 0 Å². The maximum Gasteiger partial charge on any atom is 0.317 e. The molecule has 6 heteroatoms. The molecule has 2 amide bonds. The molecule has 0 bridgehead atoms. The number of amides is 2. The quantitative estimate of drug-likeness (QED) is 0.813. The second-order valence-electron chi connectivity index (χ2n) is 6.38. The fourth-order valence-electron chi connectivity index (χ4n) is 3.11. The van der Waals surface area contributed by atoms with Crippen molar-refractivity contribution in [1.82, 2.24) is 20.2 Å². The Hall–Kier alpha value is -2.08. The van der Waals surface area contributed by atoms with Gasteiger partial charge in [-0.3, -0.25) is 0 Å². The minimum atomic E-state index is -0.297. The summed E-state index contributed by atoms with van der Waals surface area (Å²) in [5.74, 6) is 1.06. The molecule has 2 unspecified atom stereocenters. The van der Waals surface area contributed by atoms with Gasteiger partial charge in [0.1, 0.15) is 5.82 Å². The number of aromatic nitrogens is 2. The number of carbonyl (C=O) groups is 1. The number of nitrogens with one attached hydrogen (secondary N) is 2. The summed E-state index contributed by atoms with van der Waals surface area (Å²) in [5, 5.41) is 12.6. The molecule has 2 atom stereocenters. The van der Waals surface area contributed by atoms with Crippen molar-refractivity contribution in [3.05, 3.63) is 30.1 Å². The van der Waals surface area contributed by atoms with Gasteiger partial charge in [-0.05, 0) is 44.7 Å². The van der Waals surface area contributed by atoms with Crippen LogP contribution in [0.3, 0.4) is 0 Å². The molecule has 2 aromatic rings. The minimum absolute atomic E-state index is 0.0676. The smallest absolute Gasteiger partial charge is 0.317 e. The van der Waals surface area contributed by atoms with E-state index in [2.05, 4.69) is 15.3 Å². The summed E-state index contributed by atoms with van der Waals surface area (Å²) < 4.78 is 0. The van der Waals surface area contributed by atoms with Gasteiger partial charge in [0, 0.05) is 13.1 Å². The van der Waals surface area contributed by atoms with E-state index in [1.165, 1.54) is 0 Å². The Labute approximate surface area is 135 Å². The summed E-state index contributed by atoms with van der Waals surface area (Å²) in [7, 11) is 0. The first-order valence-electron chi connectivity index (χ1n) is 8.22. The molecule has 0 radical (unpaired) electrons. The van der Waals surface area contributed by atoms with E-state index >= 15 is 0 Å². The SMILES string of the molecule is CC(NC(=O)N1CCC(C(C)O)CC1)c1nc2ccccc2[nH]1. The first-order chi connectivity index (χ1) is 11.0. The normalized spacial score (nSPS) is 18.8. The lowest BCUT2D eigenvalue weighted by atomic mass is 9.92. The molecule has 2 heterocycles. The van der Waals surface area contributed by atoms with Gasteiger partial charge >= 0.3 is 6.03 Å². The van der Waals surface area contributed by atoms with Crippen LogP contribution in [0.1, 0.15) is 38.6 Å². The first kappa shape index (κ1) is 15.8. The van der Waals surface area contributed by atoms with Crippen LogP contribution in [0.2, 0.25) is 0 Å². The third kappa shape index (κ3) is 3.47. The van der Waals surface area contributed by atoms with Crippen LogP contribution in [0, 0.1) is 5.92 Å². The maximum atomic E-state index is 12.4. The molecule has 0 aliphatic carbocycles. The third-order valence-corrected chi connectivity index (χ3v) is 4.67. The number of benzene rings is 1. The lowest BCUT2D eigenvalue weighted by Crippen LogP contribution is -2.46. The number of rotatable bonds is 3. The van der Waals surface area contributed by atoms with Crippen LogP contribution in [0.25, 0.3) is 11.0 Å². The molecule has 3 rings (SSSR count). The Morgan fingerprint density at radius 3 is 2.70 bits per heavy atom. The maximum absolute atomic E-state index is 12.4. The zero-order valence-corrected chi connectivity index (χ0v) is 13.6. The molecule has 3 N–H and O–H groups in total. The zero-order chi connectivity index (χ0) is 16.4. The number of urea groups is 1. The Bertz CT molecular complexity index is 641. The minimum Gasteiger partial charge on any atom is -0.393 e. The van der Waals surface area contributed by atoms with Crippen LogP contribution in [-0.4, -0.2) is 45.2 Å². The molecule has 0 saturated carbocycles. The highest BCUT2D eigenvalue weighted by molar-refractivity contribution is 5.76. The van der Waals surface area contributed by atoms with Crippen molar-refractivity contribution in [2.24, 2.45) is 5.92 Å². The van der Waals surface area contributed by atoms with Crippen molar-refractivity contribution in [3.63, 3.8) is 0 Å². The Morgan fingerprint density at radius 1 is 1.35 bits per heavy atom. The van der Waals surface area contributed by atoms with Crippen LogP contribution in [0.5, 0.6) is 0 Å². The molecule has 1 aliphatic rings. The van der Waals surface area contributed by atoms with E-state index < -0.39 is 0 Å². The predicted octanol–water partition coefficient (Wildman–Crippen LogP) is 2.43. The van der Waals surface area contributed by atoms with Crippen LogP contribution < -0.4 is 5.32 Å². The second-order valence-corrected chi connectivity index (χ2v) is 6.38. The van der Waals surface area contributed by atoms with Gasteiger partial charge in [0.25, 0.3) is 0 Å². The predicted molar refractivity (Wildman–Crippen MR) is 89.0 cm³/mol. The molecule has 6 nitrogen and oxygen atoms in total. The Morgan fingerprint density at radius 2 is 2.04 bits per heavy atom. The number of fused-ring (bicyclic) bond motifs is 1. The number of likely N-dealkylation sites (tertiary alicyclic amines) is 1. The highest BCUT2D eigenvalue weighted by atomic mass is 16.3. The number of piperidine rings is 1. The summed E-state index contributed by atoms with van der Waals surface area (Å²) in [6.45, 7) is 5.13. The lowest BCUT2D eigenvalue weighted by molar-refractivity contribution is 0.0793. The molecule has 1 aromatic heterocycles. The molecular formula is C17H24N4O2. The van der Waals surface area contributed by atoms with Crippen molar-refractivity contribution >= 4 is 17.1 Å². The first-order valence-corrected chi connectivity index (χ1v) is 8.22. The van der Waals surface area contributed by atoms with Gasteiger partial charge in [0.15, 0.2) is 0 Å². The van der Waals surface area contributed by atoms with Crippen LogP contribution in [-0.2, 0) is 0 Å². The van der Waals surface area contributed by atoms with E-state index in [1.807, 2.05) is 43.0 Å². The third-order valence-electron chi connectivity index (χ3n) is 4.67. The lowest BCUT2D eigenvalue weighted by Gasteiger charge is -2.33. The number of aromatic amines is 1. The van der Waals surface area contributed by atoms with E-state index in [-0.39, 0.29) is 18.2 Å². The van der Waals surface area contributed by atoms with Crippen molar-refractivity contribution in [2.75, 3.05) is 13.1 Å². The van der Waals surface area contributed by atoms with Gasteiger partial charge in [-0.2, -0.15) is 0 Å². The number of aliphatic hydroxyl groups is 1. The molecule has 124 valence electrons. The average Bonchev–Trinajstić information content (AvgIpc) is 2.99. The van der Waals surface area contributed by atoms with Crippen molar-refractivity contribution in [2.45, 2.75) is 38.8 Å². The van der Waals surface area contributed by atoms with Gasteiger partial charge in [-0.1, -0.05) is 12.1 Å². The fourth-order valence-corrected chi connectivity index (χ4v) is 3.11. The number of aliphatic hydroxyl groups excluding tert-OH is 1. The largest absolute Gasteiger partial charge is 0.393 e. The van der Waals surface area contributed by atoms with Gasteiger partial charge in [0.05, 0.1) is 23.2 Å². The highest BCUT2D eigenvalue weighted by Gasteiger charge is 2.26. The number of hydrogen-bond donors (Lipinski definition) is 3. The number of nitrogens with zero attached hydrogens (tertiary/aromatic N) is 2. The summed E-state index contributed by atoms with van der Waals surface area (Å²) in [5.41, 5.74) is 1.88. The van der Waals surface area contributed by atoms with Gasteiger partial charge in [0.2, 0.25) is 0 Å². The fraction of sp³-hybridized carbons (Fsp3) is 0.529. The van der Waals surface area contributed by atoms with Gasteiger partial charge < -0.3 is 20.3 Å². The average molecular weight is 316 g/mol. The van der Waals surface area contributed by atoms with E-state index in [0.717, 1.165) is 29.7 Å². The Balaban J connectivity index is 1.59. The molecule has 1 aromatic carbocycles. The highest BCUT2D eigenvalue weighted by Crippen LogP contribution is 2.21. The molecule has 1 saturated heterocycles. The van der Waals surface area contributed by atoms with E-state index in [9.17, 15) is 9.90 Å². The van der Waals surface area contributed by atoms with Crippen molar-refractivity contribution in [3.8, 4) is 0 Å². The molecule has 1 aliphatic heterocycles.